The zero-order valence-corrected chi connectivity index (χ0v) is 21.6. The molecule has 7 nitrogen and oxygen atoms in total. The zero-order chi connectivity index (χ0) is 24.5. The van der Waals surface area contributed by atoms with E-state index in [1.165, 1.54) is 0 Å². The molecule has 1 atom stereocenters. The number of aromatic nitrogens is 2. The van der Waals surface area contributed by atoms with Crippen LogP contribution in [0.25, 0.3) is 0 Å². The number of rotatable bonds is 5. The number of aromatic amines is 1. The van der Waals surface area contributed by atoms with Crippen molar-refractivity contribution in [1.29, 1.82) is 0 Å². The monoisotopic (exact) mass is 562 g/mol. The number of hydrogen-bond donors (Lipinski definition) is 2. The summed E-state index contributed by atoms with van der Waals surface area (Å²) in [4.78, 5) is 23.5. The Morgan fingerprint density at radius 1 is 1.14 bits per heavy atom. The summed E-state index contributed by atoms with van der Waals surface area (Å²) in [5.41, 5.74) is 3.74. The lowest BCUT2D eigenvalue weighted by Gasteiger charge is -2.35. The van der Waals surface area contributed by atoms with Crippen LogP contribution in [-0.4, -0.2) is 29.7 Å². The quantitative estimate of drug-likeness (QED) is 0.255. The fourth-order valence-corrected chi connectivity index (χ4v) is 5.91. The highest BCUT2D eigenvalue weighted by Gasteiger charge is 2.29. The second-order valence-electron chi connectivity index (χ2n) is 8.57. The molecule has 4 aromatic rings. The van der Waals surface area contributed by atoms with Crippen LogP contribution in [0.2, 0.25) is 0 Å². The van der Waals surface area contributed by atoms with Crippen molar-refractivity contribution in [3.05, 3.63) is 99.1 Å². The molecule has 0 aliphatic carbocycles. The molecule has 1 fully saturated rings. The average Bonchev–Trinajstić information content (AvgIpc) is 2.91. The van der Waals surface area contributed by atoms with Crippen molar-refractivity contribution < 1.29 is 9.47 Å². The van der Waals surface area contributed by atoms with Gasteiger partial charge in [0.2, 0.25) is 0 Å². The summed E-state index contributed by atoms with van der Waals surface area (Å²) in [5, 5.41) is 3.48. The normalized spacial score (nSPS) is 16.6. The van der Waals surface area contributed by atoms with Crippen molar-refractivity contribution in [1.82, 2.24) is 9.97 Å². The van der Waals surface area contributed by atoms with Gasteiger partial charge in [0.1, 0.15) is 27.9 Å². The van der Waals surface area contributed by atoms with E-state index in [2.05, 4.69) is 54.3 Å². The summed E-state index contributed by atoms with van der Waals surface area (Å²) in [7, 11) is 0. The number of pyridine rings is 2. The van der Waals surface area contributed by atoms with E-state index in [0.717, 1.165) is 42.7 Å². The summed E-state index contributed by atoms with van der Waals surface area (Å²) in [6, 6.07) is 20.0. The second kappa shape index (κ2) is 10.0. The molecule has 0 spiro atoms. The van der Waals surface area contributed by atoms with Gasteiger partial charge in [-0.15, -0.1) is 0 Å². The van der Waals surface area contributed by atoms with Gasteiger partial charge < -0.3 is 24.7 Å². The van der Waals surface area contributed by atoms with E-state index >= 15 is 0 Å². The topological polar surface area (TPSA) is 79.5 Å². The van der Waals surface area contributed by atoms with E-state index in [1.807, 2.05) is 42.5 Å². The molecular weight excluding hydrogens is 540 g/mol. The predicted octanol–water partition coefficient (Wildman–Crippen LogP) is 5.98. The third kappa shape index (κ3) is 4.74. The van der Waals surface area contributed by atoms with Crippen molar-refractivity contribution in [2.45, 2.75) is 22.4 Å². The Bertz CT molecular complexity index is 1480. The molecule has 4 heterocycles. The first-order valence-electron chi connectivity index (χ1n) is 11.7. The third-order valence-electron chi connectivity index (χ3n) is 6.22. The van der Waals surface area contributed by atoms with Gasteiger partial charge in [0.25, 0.3) is 5.56 Å². The van der Waals surface area contributed by atoms with Gasteiger partial charge in [-0.25, -0.2) is 4.98 Å². The number of nitrogens with zero attached hydrogens (tertiary/aromatic N) is 2. The van der Waals surface area contributed by atoms with Gasteiger partial charge in [-0.2, -0.15) is 0 Å². The largest absolute Gasteiger partial charge is 0.455 e. The minimum absolute atomic E-state index is 0.0880. The standard InChI is InChI=1S/C27H23BrN4O3S/c28-25-13-17(8-10-29-25)15-31-18-6-7-21-24(14-18)36-23-5-1-3-19(26(23)35-21)22-16-32(11-12-34-22)20-4-2-9-30-27(20)33/h1-10,13-14,22,31H,11-12,15-16H2,(H,30,33). The first-order valence-corrected chi connectivity index (χ1v) is 13.3. The van der Waals surface area contributed by atoms with Crippen molar-refractivity contribution in [2.24, 2.45) is 0 Å². The summed E-state index contributed by atoms with van der Waals surface area (Å²) < 4.78 is 13.4. The van der Waals surface area contributed by atoms with Crippen LogP contribution >= 0.6 is 27.7 Å². The number of anilines is 2. The van der Waals surface area contributed by atoms with Crippen molar-refractivity contribution in [3.63, 3.8) is 0 Å². The number of morpholine rings is 1. The lowest BCUT2D eigenvalue weighted by Crippen LogP contribution is -2.41. The molecular formula is C27H23BrN4O3S. The SMILES string of the molecule is O=c1[nH]cccc1N1CCOC(c2cccc3c2Oc2ccc(NCc4ccnc(Br)c4)cc2S3)C1. The first kappa shape index (κ1) is 23.1. The minimum atomic E-state index is -0.198. The molecule has 2 aromatic heterocycles. The highest BCUT2D eigenvalue weighted by molar-refractivity contribution is 9.10. The number of H-pyrrole nitrogens is 1. The molecule has 0 radical (unpaired) electrons. The molecule has 2 aliphatic rings. The van der Waals surface area contributed by atoms with Gasteiger partial charge in [0, 0.05) is 43.3 Å². The van der Waals surface area contributed by atoms with Crippen LogP contribution in [0.1, 0.15) is 17.2 Å². The number of para-hydroxylation sites is 1. The van der Waals surface area contributed by atoms with Crippen LogP contribution in [-0.2, 0) is 11.3 Å². The molecule has 0 saturated carbocycles. The maximum Gasteiger partial charge on any atom is 0.271 e. The summed E-state index contributed by atoms with van der Waals surface area (Å²) in [5.74, 6) is 1.65. The van der Waals surface area contributed by atoms with Crippen LogP contribution in [0.15, 0.2) is 92.2 Å². The Kier molecular flexibility index (Phi) is 6.43. The van der Waals surface area contributed by atoms with Crippen molar-refractivity contribution >= 4 is 39.1 Å². The number of nitrogens with one attached hydrogen (secondary N) is 2. The lowest BCUT2D eigenvalue weighted by molar-refractivity contribution is 0.0382. The van der Waals surface area contributed by atoms with Crippen molar-refractivity contribution in [2.75, 3.05) is 29.9 Å². The van der Waals surface area contributed by atoms with E-state index < -0.39 is 0 Å². The highest BCUT2D eigenvalue weighted by Crippen LogP contribution is 2.50. The Morgan fingerprint density at radius 3 is 2.97 bits per heavy atom. The Balaban J connectivity index is 1.21. The molecule has 182 valence electrons. The molecule has 2 N–H and O–H groups in total. The molecule has 1 unspecified atom stereocenters. The molecule has 0 amide bonds. The number of halogens is 1. The number of ether oxygens (including phenoxy) is 2. The molecule has 2 aliphatic heterocycles. The maximum atomic E-state index is 12.3. The van der Waals surface area contributed by atoms with Crippen LogP contribution < -0.4 is 20.5 Å². The Morgan fingerprint density at radius 2 is 2.08 bits per heavy atom. The van der Waals surface area contributed by atoms with E-state index in [9.17, 15) is 4.79 Å². The Labute approximate surface area is 221 Å². The summed E-state index contributed by atoms with van der Waals surface area (Å²) in [6.07, 6.45) is 3.24. The number of hydrogen-bond acceptors (Lipinski definition) is 7. The smallest absolute Gasteiger partial charge is 0.271 e. The second-order valence-corrected chi connectivity index (χ2v) is 10.5. The van der Waals surface area contributed by atoms with Crippen LogP contribution in [0.5, 0.6) is 11.5 Å². The summed E-state index contributed by atoms with van der Waals surface area (Å²) >= 11 is 5.11. The molecule has 0 bridgehead atoms. The average molecular weight is 563 g/mol. The number of benzene rings is 2. The third-order valence-corrected chi connectivity index (χ3v) is 7.74. The maximum absolute atomic E-state index is 12.3. The molecule has 36 heavy (non-hydrogen) atoms. The molecule has 6 rings (SSSR count). The van der Waals surface area contributed by atoms with E-state index in [-0.39, 0.29) is 11.7 Å². The van der Waals surface area contributed by atoms with Gasteiger partial charge in [-0.05, 0) is 70.0 Å². The predicted molar refractivity (Wildman–Crippen MR) is 144 cm³/mol. The number of fused-ring (bicyclic) bond motifs is 2. The van der Waals surface area contributed by atoms with Crippen LogP contribution in [0.3, 0.4) is 0 Å². The van der Waals surface area contributed by atoms with Gasteiger partial charge in [0.05, 0.1) is 16.4 Å². The van der Waals surface area contributed by atoms with Gasteiger partial charge in [-0.3, -0.25) is 4.79 Å². The molecule has 2 aromatic carbocycles. The van der Waals surface area contributed by atoms with Gasteiger partial charge in [0.15, 0.2) is 0 Å². The van der Waals surface area contributed by atoms with Gasteiger partial charge >= 0.3 is 0 Å². The van der Waals surface area contributed by atoms with Crippen LogP contribution in [0, 0.1) is 0 Å². The van der Waals surface area contributed by atoms with E-state index in [1.54, 1.807) is 24.2 Å². The fraction of sp³-hybridized carbons (Fsp3) is 0.185. The van der Waals surface area contributed by atoms with Gasteiger partial charge in [-0.1, -0.05) is 23.9 Å². The van der Waals surface area contributed by atoms with Crippen molar-refractivity contribution in [3.8, 4) is 11.5 Å². The molecule has 9 heteroatoms. The first-order chi connectivity index (χ1) is 17.6. The van der Waals surface area contributed by atoms with E-state index in [4.69, 9.17) is 9.47 Å². The Hall–Kier alpha value is -3.27. The summed E-state index contributed by atoms with van der Waals surface area (Å²) in [6.45, 7) is 2.49. The van der Waals surface area contributed by atoms with Crippen LogP contribution in [0.4, 0.5) is 11.4 Å². The minimum Gasteiger partial charge on any atom is -0.455 e. The van der Waals surface area contributed by atoms with E-state index in [0.29, 0.717) is 31.9 Å². The highest BCUT2D eigenvalue weighted by atomic mass is 79.9. The molecule has 1 saturated heterocycles. The zero-order valence-electron chi connectivity index (χ0n) is 19.2. The lowest BCUT2D eigenvalue weighted by atomic mass is 10.1. The fourth-order valence-electron chi connectivity index (χ4n) is 4.46.